The third-order valence-electron chi connectivity index (χ3n) is 3.50. The molecule has 8 nitrogen and oxygen atoms in total. The number of carbonyl (C=O) groups excluding carboxylic acids is 3. The molecule has 0 aliphatic heterocycles. The summed E-state index contributed by atoms with van der Waals surface area (Å²) in [4.78, 5) is 34.7. The van der Waals surface area contributed by atoms with Gasteiger partial charge in [0.15, 0.2) is 6.61 Å². The van der Waals surface area contributed by atoms with E-state index in [4.69, 9.17) is 4.74 Å². The smallest absolute Gasteiger partial charge is 0.343 e. The van der Waals surface area contributed by atoms with Crippen LogP contribution in [0.3, 0.4) is 0 Å². The minimum atomic E-state index is -0.543. The zero-order valence-corrected chi connectivity index (χ0v) is 15.6. The molecule has 2 amide bonds. The van der Waals surface area contributed by atoms with E-state index in [1.807, 2.05) is 19.1 Å². The maximum absolute atomic E-state index is 11.9. The highest BCUT2D eigenvalue weighted by atomic mass is 16.6. The first-order chi connectivity index (χ1) is 13.5. The first kappa shape index (κ1) is 20.6. The average Bonchev–Trinajstić information content (AvgIpc) is 2.68. The molecule has 0 bridgehead atoms. The van der Waals surface area contributed by atoms with Crippen LogP contribution < -0.4 is 15.5 Å². The number of hydrogen-bond acceptors (Lipinski definition) is 6. The van der Waals surface area contributed by atoms with Crippen molar-refractivity contribution >= 4 is 29.7 Å². The number of nitrogens with one attached hydrogen (secondary N) is 2. The molecule has 0 aliphatic carbocycles. The van der Waals surface area contributed by atoms with Gasteiger partial charge in [0.2, 0.25) is 11.8 Å². The largest absolute Gasteiger partial charge is 0.482 e. The van der Waals surface area contributed by atoms with Crippen molar-refractivity contribution in [1.29, 1.82) is 0 Å². The molecule has 146 valence electrons. The summed E-state index contributed by atoms with van der Waals surface area (Å²) in [6.07, 6.45) is 1.05. The maximum Gasteiger partial charge on any atom is 0.343 e. The minimum absolute atomic E-state index is 0.204. The summed E-state index contributed by atoms with van der Waals surface area (Å²) in [5.41, 5.74) is 4.63. The average molecular weight is 383 g/mol. The molecule has 8 heteroatoms. The van der Waals surface area contributed by atoms with Gasteiger partial charge in [-0.25, -0.2) is 10.2 Å². The van der Waals surface area contributed by atoms with Crippen LogP contribution >= 0.6 is 0 Å². The summed E-state index contributed by atoms with van der Waals surface area (Å²) in [5, 5.41) is 6.45. The number of hydrogen-bond donors (Lipinski definition) is 2. The van der Waals surface area contributed by atoms with E-state index < -0.39 is 17.8 Å². The van der Waals surface area contributed by atoms with Crippen LogP contribution in [0.25, 0.3) is 0 Å². The van der Waals surface area contributed by atoms with Gasteiger partial charge in [-0.1, -0.05) is 29.8 Å². The van der Waals surface area contributed by atoms with E-state index in [1.165, 1.54) is 13.3 Å². The van der Waals surface area contributed by atoms with Gasteiger partial charge < -0.3 is 14.8 Å². The summed E-state index contributed by atoms with van der Waals surface area (Å²) in [6, 6.07) is 14.0. The highest BCUT2D eigenvalue weighted by molar-refractivity contribution is 6.03. The number of carbonyl (C=O) groups is 3. The lowest BCUT2D eigenvalue weighted by Crippen LogP contribution is -2.24. The van der Waals surface area contributed by atoms with Gasteiger partial charge in [-0.05, 0) is 36.8 Å². The zero-order chi connectivity index (χ0) is 20.4. The van der Waals surface area contributed by atoms with E-state index in [0.29, 0.717) is 17.0 Å². The number of amides is 2. The van der Waals surface area contributed by atoms with Gasteiger partial charge >= 0.3 is 5.97 Å². The second kappa shape index (κ2) is 10.5. The molecule has 0 radical (unpaired) electrons. The monoisotopic (exact) mass is 383 g/mol. The minimum Gasteiger partial charge on any atom is -0.482 e. The number of esters is 1. The number of aryl methyl sites for hydroxylation is 1. The molecule has 0 fully saturated rings. The van der Waals surface area contributed by atoms with Crippen molar-refractivity contribution in [2.75, 3.05) is 19.0 Å². The van der Waals surface area contributed by atoms with Crippen molar-refractivity contribution in [3.8, 4) is 5.75 Å². The highest BCUT2D eigenvalue weighted by Crippen LogP contribution is 2.12. The molecule has 0 atom stereocenters. The lowest BCUT2D eigenvalue weighted by molar-refractivity contribution is -0.143. The van der Waals surface area contributed by atoms with Crippen molar-refractivity contribution in [1.82, 2.24) is 5.43 Å². The number of rotatable bonds is 8. The fourth-order valence-corrected chi connectivity index (χ4v) is 2.09. The van der Waals surface area contributed by atoms with E-state index in [2.05, 4.69) is 20.6 Å². The van der Waals surface area contributed by atoms with E-state index in [9.17, 15) is 14.4 Å². The number of benzene rings is 2. The van der Waals surface area contributed by atoms with Gasteiger partial charge in [0, 0.05) is 5.69 Å². The predicted octanol–water partition coefficient (Wildman–Crippen LogP) is 2.03. The molecule has 0 heterocycles. The van der Waals surface area contributed by atoms with E-state index in [0.717, 1.165) is 5.56 Å². The molecular formula is C20H21N3O5. The third-order valence-corrected chi connectivity index (χ3v) is 3.50. The maximum atomic E-state index is 11.9. The van der Waals surface area contributed by atoms with Crippen LogP contribution in [0.4, 0.5) is 5.69 Å². The summed E-state index contributed by atoms with van der Waals surface area (Å²) >= 11 is 0. The molecule has 0 spiro atoms. The Hall–Kier alpha value is -3.68. The molecule has 0 aromatic heterocycles. The Morgan fingerprint density at radius 2 is 1.82 bits per heavy atom. The molecule has 0 saturated heterocycles. The second-order valence-corrected chi connectivity index (χ2v) is 5.82. The Kier molecular flexibility index (Phi) is 7.71. The van der Waals surface area contributed by atoms with Gasteiger partial charge in [-0.3, -0.25) is 9.59 Å². The molecule has 2 aromatic rings. The van der Waals surface area contributed by atoms with E-state index in [1.54, 1.807) is 36.4 Å². The molecule has 2 N–H and O–H groups in total. The first-order valence-corrected chi connectivity index (χ1v) is 8.44. The Morgan fingerprint density at radius 1 is 1.07 bits per heavy atom. The van der Waals surface area contributed by atoms with Gasteiger partial charge in [-0.15, -0.1) is 0 Å². The standard InChI is InChI=1S/C20H21N3O5/c1-14-6-8-16(9-7-14)22-18(24)11-19(25)23-21-12-15-4-3-5-17(10-15)28-13-20(26)27-2/h3-10,12H,11,13H2,1-2H3,(H,22,24)(H,23,25). The van der Waals surface area contributed by atoms with Gasteiger partial charge in [0.05, 0.1) is 13.3 Å². The summed E-state index contributed by atoms with van der Waals surface area (Å²) < 4.78 is 9.76. The van der Waals surface area contributed by atoms with Gasteiger partial charge in [-0.2, -0.15) is 5.10 Å². The molecule has 0 aliphatic rings. The Morgan fingerprint density at radius 3 is 2.54 bits per heavy atom. The zero-order valence-electron chi connectivity index (χ0n) is 15.6. The number of hydrazone groups is 1. The topological polar surface area (TPSA) is 106 Å². The first-order valence-electron chi connectivity index (χ1n) is 8.44. The molecule has 0 unspecified atom stereocenters. The van der Waals surface area contributed by atoms with Crippen LogP contribution in [-0.2, 0) is 19.1 Å². The van der Waals surface area contributed by atoms with Crippen LogP contribution in [0.1, 0.15) is 17.5 Å². The summed E-state index contributed by atoms with van der Waals surface area (Å²) in [5.74, 6) is -1.01. The molecular weight excluding hydrogens is 362 g/mol. The van der Waals surface area contributed by atoms with Crippen LogP contribution in [0.2, 0.25) is 0 Å². The summed E-state index contributed by atoms with van der Waals surface area (Å²) in [6.45, 7) is 1.74. The lowest BCUT2D eigenvalue weighted by Gasteiger charge is -2.05. The number of methoxy groups -OCH3 is 1. The van der Waals surface area contributed by atoms with Gasteiger partial charge in [0.25, 0.3) is 0 Å². The fourth-order valence-electron chi connectivity index (χ4n) is 2.09. The van der Waals surface area contributed by atoms with Gasteiger partial charge in [0.1, 0.15) is 12.2 Å². The third kappa shape index (κ3) is 7.28. The SMILES string of the molecule is COC(=O)COc1cccc(C=NNC(=O)CC(=O)Nc2ccc(C)cc2)c1. The van der Waals surface area contributed by atoms with Crippen molar-refractivity contribution in [2.45, 2.75) is 13.3 Å². The van der Waals surface area contributed by atoms with Crippen LogP contribution in [0.5, 0.6) is 5.75 Å². The normalized spacial score (nSPS) is 10.4. The van der Waals surface area contributed by atoms with E-state index >= 15 is 0 Å². The Labute approximate surface area is 162 Å². The fraction of sp³-hybridized carbons (Fsp3) is 0.200. The van der Waals surface area contributed by atoms with Crippen molar-refractivity contribution < 1.29 is 23.9 Å². The van der Waals surface area contributed by atoms with Crippen molar-refractivity contribution in [2.24, 2.45) is 5.10 Å². The van der Waals surface area contributed by atoms with E-state index in [-0.39, 0.29) is 13.0 Å². The second-order valence-electron chi connectivity index (χ2n) is 5.82. The molecule has 28 heavy (non-hydrogen) atoms. The van der Waals surface area contributed by atoms with Crippen molar-refractivity contribution in [3.63, 3.8) is 0 Å². The number of nitrogens with zero attached hydrogens (tertiary/aromatic N) is 1. The Bertz CT molecular complexity index is 862. The Balaban J connectivity index is 1.80. The predicted molar refractivity (Wildman–Crippen MR) is 104 cm³/mol. The molecule has 2 rings (SSSR count). The van der Waals surface area contributed by atoms with Crippen LogP contribution in [0, 0.1) is 6.92 Å². The highest BCUT2D eigenvalue weighted by Gasteiger charge is 2.09. The number of anilines is 1. The quantitative estimate of drug-likeness (QED) is 0.314. The summed E-state index contributed by atoms with van der Waals surface area (Å²) in [7, 11) is 1.28. The van der Waals surface area contributed by atoms with Crippen molar-refractivity contribution in [3.05, 3.63) is 59.7 Å². The number of ether oxygens (including phenoxy) is 2. The molecule has 0 saturated carbocycles. The molecule has 2 aromatic carbocycles. The van der Waals surface area contributed by atoms with Crippen LogP contribution in [0.15, 0.2) is 53.6 Å². The van der Waals surface area contributed by atoms with Crippen LogP contribution in [-0.4, -0.2) is 37.7 Å². The lowest BCUT2D eigenvalue weighted by atomic mass is 10.2.